The second kappa shape index (κ2) is 8.02. The summed E-state index contributed by atoms with van der Waals surface area (Å²) >= 11 is 0. The number of sulfone groups is 1. The van der Waals surface area contributed by atoms with E-state index in [1.165, 1.54) is 12.1 Å². The molecule has 0 saturated carbocycles. The largest absolute Gasteiger partial charge is 0.418 e. The van der Waals surface area contributed by atoms with Gasteiger partial charge in [0.2, 0.25) is 0 Å². The van der Waals surface area contributed by atoms with Crippen molar-refractivity contribution in [3.63, 3.8) is 0 Å². The van der Waals surface area contributed by atoms with Crippen LogP contribution >= 0.6 is 0 Å². The van der Waals surface area contributed by atoms with Crippen molar-refractivity contribution in [1.29, 1.82) is 0 Å². The van der Waals surface area contributed by atoms with Crippen molar-refractivity contribution >= 4 is 32.5 Å². The molecule has 2 N–H and O–H groups in total. The fourth-order valence-corrected chi connectivity index (χ4v) is 4.96. The maximum Gasteiger partial charge on any atom is 0.418 e. The molecule has 2 aromatic carbocycles. The molecule has 30 heavy (non-hydrogen) atoms. The number of amides is 2. The third-order valence-corrected chi connectivity index (χ3v) is 6.67. The molecule has 0 spiro atoms. The SMILES string of the molecule is Cc1c(S(=O)(=O)CCNC(=O)Nc2ccccc2C(F)(F)F)c2ccccc2n1C. The van der Waals surface area contributed by atoms with E-state index >= 15 is 0 Å². The third kappa shape index (κ3) is 4.28. The molecule has 0 atom stereocenters. The van der Waals surface area contributed by atoms with Gasteiger partial charge in [-0.2, -0.15) is 13.2 Å². The molecular formula is C20H20F3N3O3S. The molecule has 0 aliphatic rings. The van der Waals surface area contributed by atoms with Gasteiger partial charge in [0.25, 0.3) is 0 Å². The number of carbonyl (C=O) groups excluding carboxylic acids is 1. The van der Waals surface area contributed by atoms with Gasteiger partial charge < -0.3 is 15.2 Å². The number of halogens is 3. The summed E-state index contributed by atoms with van der Waals surface area (Å²) in [6.45, 7) is 1.44. The highest BCUT2D eigenvalue weighted by atomic mass is 32.2. The maximum absolute atomic E-state index is 13.0. The first-order valence-electron chi connectivity index (χ1n) is 9.00. The van der Waals surface area contributed by atoms with Crippen molar-refractivity contribution < 1.29 is 26.4 Å². The van der Waals surface area contributed by atoms with E-state index < -0.39 is 39.0 Å². The smallest absolute Gasteiger partial charge is 0.347 e. The van der Waals surface area contributed by atoms with Crippen LogP contribution in [0.3, 0.4) is 0 Å². The van der Waals surface area contributed by atoms with Gasteiger partial charge in [0.15, 0.2) is 9.84 Å². The fourth-order valence-electron chi connectivity index (χ4n) is 3.29. The predicted octanol–water partition coefficient (Wildman–Crippen LogP) is 4.10. The van der Waals surface area contributed by atoms with Gasteiger partial charge >= 0.3 is 12.2 Å². The average Bonchev–Trinajstić information content (AvgIpc) is 2.93. The van der Waals surface area contributed by atoms with Crippen LogP contribution < -0.4 is 10.6 Å². The second-order valence-electron chi connectivity index (χ2n) is 6.73. The minimum atomic E-state index is -4.63. The Morgan fingerprint density at radius 1 is 1.07 bits per heavy atom. The van der Waals surface area contributed by atoms with Crippen molar-refractivity contribution in [1.82, 2.24) is 9.88 Å². The molecule has 0 radical (unpaired) electrons. The van der Waals surface area contributed by atoms with E-state index in [9.17, 15) is 26.4 Å². The van der Waals surface area contributed by atoms with Crippen LogP contribution in [0.25, 0.3) is 10.9 Å². The molecule has 1 aromatic heterocycles. The number of aryl methyl sites for hydroxylation is 1. The molecule has 10 heteroatoms. The van der Waals surface area contributed by atoms with Crippen molar-refractivity contribution in [2.45, 2.75) is 18.0 Å². The van der Waals surface area contributed by atoms with Gasteiger partial charge in [0.1, 0.15) is 0 Å². The molecule has 0 fully saturated rings. The maximum atomic E-state index is 13.0. The molecule has 3 aromatic rings. The Hall–Kier alpha value is -3.01. The van der Waals surface area contributed by atoms with Crippen LogP contribution in [-0.2, 0) is 23.1 Å². The molecule has 0 aliphatic heterocycles. The number of nitrogens with one attached hydrogen (secondary N) is 2. The number of carbonyl (C=O) groups is 1. The molecule has 0 saturated heterocycles. The van der Waals surface area contributed by atoms with Gasteiger partial charge in [-0.15, -0.1) is 0 Å². The first kappa shape index (κ1) is 21.7. The van der Waals surface area contributed by atoms with Crippen LogP contribution in [0, 0.1) is 6.92 Å². The van der Waals surface area contributed by atoms with E-state index in [0.29, 0.717) is 11.1 Å². The van der Waals surface area contributed by atoms with Crippen LogP contribution in [0.5, 0.6) is 0 Å². The lowest BCUT2D eigenvalue weighted by atomic mass is 10.1. The number of nitrogens with zero attached hydrogens (tertiary/aromatic N) is 1. The first-order chi connectivity index (χ1) is 14.0. The molecule has 0 bridgehead atoms. The van der Waals surface area contributed by atoms with E-state index in [0.717, 1.165) is 17.6 Å². The summed E-state index contributed by atoms with van der Waals surface area (Å²) in [5.41, 5.74) is -0.0582. The summed E-state index contributed by atoms with van der Waals surface area (Å²) in [7, 11) is -1.98. The van der Waals surface area contributed by atoms with Crippen LogP contribution in [0.15, 0.2) is 53.4 Å². The number of hydrogen-bond acceptors (Lipinski definition) is 3. The molecule has 3 rings (SSSR count). The third-order valence-electron chi connectivity index (χ3n) is 4.79. The van der Waals surface area contributed by atoms with Crippen molar-refractivity contribution in [2.75, 3.05) is 17.6 Å². The average molecular weight is 439 g/mol. The summed E-state index contributed by atoms with van der Waals surface area (Å²) < 4.78 is 66.5. The van der Waals surface area contributed by atoms with Crippen LogP contribution in [0.2, 0.25) is 0 Å². The summed E-state index contributed by atoms with van der Waals surface area (Å²) in [5.74, 6) is -0.393. The highest BCUT2D eigenvalue weighted by molar-refractivity contribution is 7.91. The number of benzene rings is 2. The Kier molecular flexibility index (Phi) is 5.80. The van der Waals surface area contributed by atoms with Gasteiger partial charge in [-0.05, 0) is 25.1 Å². The lowest BCUT2D eigenvalue weighted by molar-refractivity contribution is -0.136. The number of hydrogen-bond donors (Lipinski definition) is 2. The minimum Gasteiger partial charge on any atom is -0.347 e. The topological polar surface area (TPSA) is 80.2 Å². The quantitative estimate of drug-likeness (QED) is 0.628. The Bertz CT molecular complexity index is 1200. The zero-order valence-corrected chi connectivity index (χ0v) is 17.1. The van der Waals surface area contributed by atoms with Crippen molar-refractivity contribution in [2.24, 2.45) is 7.05 Å². The number of fused-ring (bicyclic) bond motifs is 1. The van der Waals surface area contributed by atoms with Crippen LogP contribution in [0.1, 0.15) is 11.3 Å². The Labute approximate surface area is 171 Å². The standard InChI is InChI=1S/C20H20F3N3O3S/c1-13-18(14-7-3-6-10-17(14)26(13)2)30(28,29)12-11-24-19(27)25-16-9-5-4-8-15(16)20(21,22)23/h3-10H,11-12H2,1-2H3,(H2,24,25,27). The number of aromatic nitrogens is 1. The van der Waals surface area contributed by atoms with Crippen molar-refractivity contribution in [3.05, 3.63) is 59.8 Å². The van der Waals surface area contributed by atoms with E-state index in [-0.39, 0.29) is 11.4 Å². The lowest BCUT2D eigenvalue weighted by Crippen LogP contribution is -2.33. The van der Waals surface area contributed by atoms with E-state index in [2.05, 4.69) is 10.6 Å². The normalized spacial score (nSPS) is 12.2. The minimum absolute atomic E-state index is 0.185. The number of anilines is 1. The Morgan fingerprint density at radius 3 is 2.40 bits per heavy atom. The van der Waals surface area contributed by atoms with Gasteiger partial charge in [-0.25, -0.2) is 13.2 Å². The highest BCUT2D eigenvalue weighted by Gasteiger charge is 2.33. The fraction of sp³-hybridized carbons (Fsp3) is 0.250. The number of urea groups is 1. The van der Waals surface area contributed by atoms with Gasteiger partial charge in [0.05, 0.1) is 21.9 Å². The predicted molar refractivity (Wildman–Crippen MR) is 108 cm³/mol. The molecule has 2 amide bonds. The Balaban J connectivity index is 1.70. The monoisotopic (exact) mass is 439 g/mol. The number of para-hydroxylation sites is 2. The molecule has 6 nitrogen and oxygen atoms in total. The molecular weight excluding hydrogens is 419 g/mol. The van der Waals surface area contributed by atoms with Crippen molar-refractivity contribution in [3.8, 4) is 0 Å². The van der Waals surface area contributed by atoms with Crippen LogP contribution in [0.4, 0.5) is 23.7 Å². The molecule has 0 unspecified atom stereocenters. The summed E-state index contributed by atoms with van der Waals surface area (Å²) in [6, 6.07) is 10.7. The zero-order valence-electron chi connectivity index (χ0n) is 16.2. The second-order valence-corrected chi connectivity index (χ2v) is 8.78. The molecule has 1 heterocycles. The number of alkyl halides is 3. The number of rotatable bonds is 5. The lowest BCUT2D eigenvalue weighted by Gasteiger charge is -2.14. The zero-order chi connectivity index (χ0) is 22.1. The summed E-state index contributed by atoms with van der Waals surface area (Å²) in [6.07, 6.45) is -4.63. The van der Waals surface area contributed by atoms with Gasteiger partial charge in [-0.3, -0.25) is 0 Å². The summed E-state index contributed by atoms with van der Waals surface area (Å²) in [5, 5.41) is 5.01. The molecule has 0 aliphatic carbocycles. The summed E-state index contributed by atoms with van der Waals surface area (Å²) in [4.78, 5) is 12.2. The van der Waals surface area contributed by atoms with E-state index in [1.54, 1.807) is 30.7 Å². The Morgan fingerprint density at radius 2 is 1.70 bits per heavy atom. The van der Waals surface area contributed by atoms with Gasteiger partial charge in [0, 0.05) is 30.2 Å². The van der Waals surface area contributed by atoms with Crippen LogP contribution in [-0.4, -0.2) is 31.3 Å². The van der Waals surface area contributed by atoms with E-state index in [4.69, 9.17) is 0 Å². The highest BCUT2D eigenvalue weighted by Crippen LogP contribution is 2.34. The first-order valence-corrected chi connectivity index (χ1v) is 10.7. The molecule has 160 valence electrons. The van der Waals surface area contributed by atoms with Gasteiger partial charge in [-0.1, -0.05) is 30.3 Å². The van der Waals surface area contributed by atoms with E-state index in [1.807, 2.05) is 12.1 Å².